The molecule has 0 atom stereocenters. The molecule has 0 aliphatic rings. The Hall–Kier alpha value is -0.780. The van der Waals surface area contributed by atoms with Crippen LogP contribution in [0.5, 0.6) is 0 Å². The molecule has 0 heteroatoms. The average Bonchev–Trinajstić information content (AvgIpc) is 1.96. The minimum Gasteiger partial charge on any atom is -0.0776 e. The minimum absolute atomic E-state index is 0. The van der Waals surface area contributed by atoms with E-state index in [1.165, 1.54) is 29.5 Å². The van der Waals surface area contributed by atoms with Gasteiger partial charge in [0.15, 0.2) is 0 Å². The maximum absolute atomic E-state index is 2.28. The van der Waals surface area contributed by atoms with Crippen molar-refractivity contribution in [2.75, 3.05) is 0 Å². The Kier molecular flexibility index (Phi) is 11.2. The molecule has 0 saturated heterocycles. The van der Waals surface area contributed by atoms with Gasteiger partial charge in [0.1, 0.15) is 0 Å². The molecule has 0 unspecified atom stereocenters. The van der Waals surface area contributed by atoms with Crippen LogP contribution in [-0.2, 0) is 6.42 Å². The molecule has 0 amide bonds. The van der Waals surface area contributed by atoms with Gasteiger partial charge in [-0.15, -0.1) is 0 Å². The van der Waals surface area contributed by atoms with Gasteiger partial charge in [-0.3, -0.25) is 0 Å². The molecular weight excluding hydrogens is 180 g/mol. The van der Waals surface area contributed by atoms with Crippen molar-refractivity contribution in [3.63, 3.8) is 0 Å². The minimum atomic E-state index is 0. The molecule has 0 aromatic heterocycles. The van der Waals surface area contributed by atoms with Crippen LogP contribution in [0.3, 0.4) is 0 Å². The van der Waals surface area contributed by atoms with Crippen LogP contribution in [0.4, 0.5) is 0 Å². The zero-order valence-corrected chi connectivity index (χ0v) is 8.57. The van der Waals surface area contributed by atoms with Gasteiger partial charge in [-0.1, -0.05) is 53.3 Å². The summed E-state index contributed by atoms with van der Waals surface area (Å²) in [6.45, 7) is 8.82. The molecule has 0 aliphatic heterocycles. The van der Waals surface area contributed by atoms with Crippen molar-refractivity contribution in [1.29, 1.82) is 0 Å². The van der Waals surface area contributed by atoms with E-state index in [0.717, 1.165) is 0 Å². The Morgan fingerprint density at radius 2 is 1.27 bits per heavy atom. The summed E-state index contributed by atoms with van der Waals surface area (Å²) in [6, 6.07) is 4.55. The fourth-order valence-electron chi connectivity index (χ4n) is 1.85. The Balaban J connectivity index is -0.000000480. The van der Waals surface area contributed by atoms with Crippen molar-refractivity contribution in [3.05, 3.63) is 34.4 Å². The summed E-state index contributed by atoms with van der Waals surface area (Å²) >= 11 is 0. The Morgan fingerprint density at radius 3 is 1.60 bits per heavy atom. The highest BCUT2D eigenvalue weighted by Gasteiger charge is 2.01. The van der Waals surface area contributed by atoms with Gasteiger partial charge in [0.2, 0.25) is 0 Å². The highest BCUT2D eigenvalue weighted by Crippen LogP contribution is 2.17. The molecular formula is C15H30. The second-order valence-electron chi connectivity index (χ2n) is 3.63. The number of aryl methyl sites for hydroxylation is 3. The zero-order chi connectivity index (χ0) is 9.14. The van der Waals surface area contributed by atoms with Crippen molar-refractivity contribution < 1.29 is 0 Å². The third-order valence-electron chi connectivity index (χ3n) is 2.34. The lowest BCUT2D eigenvalue weighted by Crippen LogP contribution is -1.93. The van der Waals surface area contributed by atoms with Gasteiger partial charge < -0.3 is 0 Å². The van der Waals surface area contributed by atoms with Gasteiger partial charge in [-0.2, -0.15) is 0 Å². The van der Waals surface area contributed by atoms with Crippen LogP contribution >= 0.6 is 0 Å². The molecule has 90 valence electrons. The first kappa shape index (κ1) is 19.7. The van der Waals surface area contributed by atoms with Crippen LogP contribution in [0.15, 0.2) is 12.1 Å². The van der Waals surface area contributed by atoms with Crippen LogP contribution in [0, 0.1) is 20.8 Å². The molecule has 1 rings (SSSR count). The zero-order valence-electron chi connectivity index (χ0n) is 8.57. The second-order valence-corrected chi connectivity index (χ2v) is 3.63. The van der Waals surface area contributed by atoms with Gasteiger partial charge in [0, 0.05) is 0 Å². The lowest BCUT2D eigenvalue weighted by molar-refractivity contribution is 0.902. The smallest absolute Gasteiger partial charge is 0.0276 e. The summed E-state index contributed by atoms with van der Waals surface area (Å²) in [5, 5.41) is 0. The number of rotatable bonds is 2. The molecule has 0 N–H and O–H groups in total. The van der Waals surface area contributed by atoms with Crippen LogP contribution in [0.2, 0.25) is 0 Å². The van der Waals surface area contributed by atoms with Crippen LogP contribution < -0.4 is 0 Å². The summed E-state index contributed by atoms with van der Waals surface area (Å²) in [4.78, 5) is 0. The molecule has 1 aromatic carbocycles. The maximum atomic E-state index is 2.28. The predicted molar refractivity (Wildman–Crippen MR) is 74.8 cm³/mol. The summed E-state index contributed by atoms with van der Waals surface area (Å²) in [5.74, 6) is 0. The Morgan fingerprint density at radius 1 is 0.867 bits per heavy atom. The fourth-order valence-corrected chi connectivity index (χ4v) is 1.85. The SMILES string of the molecule is C.C.C.CCCc1c(C)cc(C)cc1C. The standard InChI is InChI=1S/C12H18.3CH4/c1-5-6-12-10(3)7-9(2)8-11(12)4;;;/h7-8H,5-6H2,1-4H3;3*1H4. The van der Waals surface area contributed by atoms with Crippen molar-refractivity contribution in [1.82, 2.24) is 0 Å². The summed E-state index contributed by atoms with van der Waals surface area (Å²) in [6.07, 6.45) is 2.46. The first-order valence-corrected chi connectivity index (χ1v) is 4.72. The Labute approximate surface area is 97.7 Å². The molecule has 15 heavy (non-hydrogen) atoms. The quantitative estimate of drug-likeness (QED) is 0.607. The maximum Gasteiger partial charge on any atom is -0.0276 e. The number of hydrogen-bond acceptors (Lipinski definition) is 0. The third kappa shape index (κ3) is 5.01. The van der Waals surface area contributed by atoms with E-state index in [1.807, 2.05) is 0 Å². The van der Waals surface area contributed by atoms with Crippen molar-refractivity contribution >= 4 is 0 Å². The molecule has 1 aromatic rings. The lowest BCUT2D eigenvalue weighted by atomic mass is 9.97. The molecule has 0 bridgehead atoms. The molecule has 0 saturated carbocycles. The molecule has 0 aliphatic carbocycles. The molecule has 0 nitrogen and oxygen atoms in total. The number of benzene rings is 1. The van der Waals surface area contributed by atoms with Crippen LogP contribution in [-0.4, -0.2) is 0 Å². The van der Waals surface area contributed by atoms with E-state index in [1.54, 1.807) is 5.56 Å². The van der Waals surface area contributed by atoms with E-state index in [0.29, 0.717) is 0 Å². The molecule has 0 radical (unpaired) electrons. The summed E-state index contributed by atoms with van der Waals surface area (Å²) in [5.41, 5.74) is 5.83. The molecule has 0 spiro atoms. The van der Waals surface area contributed by atoms with E-state index in [4.69, 9.17) is 0 Å². The summed E-state index contributed by atoms with van der Waals surface area (Å²) < 4.78 is 0. The van der Waals surface area contributed by atoms with Gasteiger partial charge in [0.05, 0.1) is 0 Å². The summed E-state index contributed by atoms with van der Waals surface area (Å²) in [7, 11) is 0. The average molecular weight is 210 g/mol. The first-order chi connectivity index (χ1) is 5.65. The van der Waals surface area contributed by atoms with Gasteiger partial charge in [-0.25, -0.2) is 0 Å². The predicted octanol–water partition coefficient (Wildman–Crippen LogP) is 5.47. The highest BCUT2D eigenvalue weighted by molar-refractivity contribution is 5.37. The van der Waals surface area contributed by atoms with Gasteiger partial charge in [0.25, 0.3) is 0 Å². The lowest BCUT2D eigenvalue weighted by Gasteiger charge is -2.09. The Bertz CT molecular complexity index is 248. The van der Waals surface area contributed by atoms with Gasteiger partial charge >= 0.3 is 0 Å². The van der Waals surface area contributed by atoms with E-state index >= 15 is 0 Å². The van der Waals surface area contributed by atoms with Crippen LogP contribution in [0.1, 0.15) is 57.9 Å². The highest BCUT2D eigenvalue weighted by atomic mass is 14.1. The fraction of sp³-hybridized carbons (Fsp3) is 0.600. The molecule has 0 heterocycles. The van der Waals surface area contributed by atoms with Crippen molar-refractivity contribution in [3.8, 4) is 0 Å². The van der Waals surface area contributed by atoms with E-state index in [9.17, 15) is 0 Å². The van der Waals surface area contributed by atoms with E-state index in [2.05, 4.69) is 39.8 Å². The van der Waals surface area contributed by atoms with Crippen LogP contribution in [0.25, 0.3) is 0 Å². The number of hydrogen-bond donors (Lipinski definition) is 0. The largest absolute Gasteiger partial charge is 0.0776 e. The second kappa shape index (κ2) is 8.52. The van der Waals surface area contributed by atoms with E-state index < -0.39 is 0 Å². The third-order valence-corrected chi connectivity index (χ3v) is 2.34. The normalized spacial score (nSPS) is 8.27. The molecule has 0 fully saturated rings. The monoisotopic (exact) mass is 210 g/mol. The van der Waals surface area contributed by atoms with Gasteiger partial charge in [-0.05, 0) is 43.9 Å². The van der Waals surface area contributed by atoms with E-state index in [-0.39, 0.29) is 22.3 Å². The van der Waals surface area contributed by atoms with Crippen molar-refractivity contribution in [2.24, 2.45) is 0 Å². The topological polar surface area (TPSA) is 0 Å². The van der Waals surface area contributed by atoms with Crippen molar-refractivity contribution in [2.45, 2.75) is 62.8 Å². The first-order valence-electron chi connectivity index (χ1n) is 4.72.